The summed E-state index contributed by atoms with van der Waals surface area (Å²) in [6, 6.07) is 9.33. The second-order valence-electron chi connectivity index (χ2n) is 7.07. The molecular formula is C19H22ClN5O3S. The molecule has 1 fully saturated rings. The molecule has 1 aliphatic rings. The van der Waals surface area contributed by atoms with E-state index in [1.54, 1.807) is 17.7 Å². The number of hydrogen-bond acceptors (Lipinski definition) is 5. The summed E-state index contributed by atoms with van der Waals surface area (Å²) < 4.78 is 34.3. The smallest absolute Gasteiger partial charge is 0.262 e. The zero-order valence-electron chi connectivity index (χ0n) is 16.0. The van der Waals surface area contributed by atoms with Crippen LogP contribution in [0.1, 0.15) is 23.7 Å². The van der Waals surface area contributed by atoms with Crippen LogP contribution in [0.15, 0.2) is 47.9 Å². The molecule has 3 heterocycles. The van der Waals surface area contributed by atoms with E-state index in [0.717, 1.165) is 17.8 Å². The van der Waals surface area contributed by atoms with Gasteiger partial charge in [-0.05, 0) is 24.6 Å². The molecule has 0 saturated carbocycles. The normalized spacial score (nSPS) is 17.7. The molecule has 1 saturated heterocycles. The van der Waals surface area contributed by atoms with Gasteiger partial charge in [0.1, 0.15) is 5.75 Å². The van der Waals surface area contributed by atoms with E-state index in [4.69, 9.17) is 16.3 Å². The molecule has 0 bridgehead atoms. The fourth-order valence-electron chi connectivity index (χ4n) is 3.39. The van der Waals surface area contributed by atoms with Crippen LogP contribution in [0.2, 0.25) is 5.02 Å². The van der Waals surface area contributed by atoms with E-state index in [-0.39, 0.29) is 10.9 Å². The molecule has 10 heteroatoms. The predicted octanol–water partition coefficient (Wildman–Crippen LogP) is 2.60. The second kappa shape index (κ2) is 8.17. The molecule has 8 nitrogen and oxygen atoms in total. The Balaban J connectivity index is 1.35. The summed E-state index contributed by atoms with van der Waals surface area (Å²) in [6.07, 6.45) is 4.40. The number of sulfonamides is 1. The summed E-state index contributed by atoms with van der Waals surface area (Å²) in [5, 5.41) is 8.08. The van der Waals surface area contributed by atoms with Crippen molar-refractivity contribution in [1.29, 1.82) is 0 Å². The molecule has 1 atom stereocenters. The molecule has 0 unspecified atom stereocenters. The van der Waals surface area contributed by atoms with Crippen LogP contribution < -0.4 is 4.74 Å². The third kappa shape index (κ3) is 4.31. The first-order valence-electron chi connectivity index (χ1n) is 9.33. The van der Waals surface area contributed by atoms with Crippen LogP contribution in [-0.4, -0.2) is 52.2 Å². The lowest BCUT2D eigenvalue weighted by Crippen LogP contribution is -2.29. The van der Waals surface area contributed by atoms with Crippen molar-refractivity contribution in [3.63, 3.8) is 0 Å². The van der Waals surface area contributed by atoms with Gasteiger partial charge < -0.3 is 9.30 Å². The van der Waals surface area contributed by atoms with Gasteiger partial charge in [0.15, 0.2) is 5.03 Å². The number of nitrogens with one attached hydrogen (secondary N) is 1. The monoisotopic (exact) mass is 435 g/mol. The van der Waals surface area contributed by atoms with E-state index in [2.05, 4.69) is 15.2 Å². The molecule has 1 aromatic carbocycles. The van der Waals surface area contributed by atoms with Gasteiger partial charge in [0.25, 0.3) is 10.0 Å². The first-order chi connectivity index (χ1) is 13.9. The highest BCUT2D eigenvalue weighted by atomic mass is 35.5. The molecule has 4 rings (SSSR count). The largest absolute Gasteiger partial charge is 0.492 e. The number of imidazole rings is 1. The van der Waals surface area contributed by atoms with Crippen LogP contribution in [0, 0.1) is 0 Å². The minimum Gasteiger partial charge on any atom is -0.492 e. The van der Waals surface area contributed by atoms with E-state index in [9.17, 15) is 8.42 Å². The van der Waals surface area contributed by atoms with Crippen molar-refractivity contribution >= 4 is 21.6 Å². The molecule has 1 aliphatic heterocycles. The summed E-state index contributed by atoms with van der Waals surface area (Å²) >= 11 is 6.09. The Morgan fingerprint density at radius 2 is 2.17 bits per heavy atom. The lowest BCUT2D eigenvalue weighted by molar-refractivity contribution is 0.320. The topological polar surface area (TPSA) is 93.1 Å². The van der Waals surface area contributed by atoms with Crippen LogP contribution in [-0.2, 0) is 23.5 Å². The van der Waals surface area contributed by atoms with Gasteiger partial charge in [0, 0.05) is 44.4 Å². The maximum Gasteiger partial charge on any atom is 0.262 e. The van der Waals surface area contributed by atoms with Gasteiger partial charge in [0.2, 0.25) is 0 Å². The highest BCUT2D eigenvalue weighted by molar-refractivity contribution is 7.89. The van der Waals surface area contributed by atoms with Crippen LogP contribution in [0.5, 0.6) is 5.75 Å². The summed E-state index contributed by atoms with van der Waals surface area (Å²) in [5.74, 6) is 0.711. The van der Waals surface area contributed by atoms with E-state index in [1.807, 2.05) is 24.3 Å². The van der Waals surface area contributed by atoms with Crippen molar-refractivity contribution in [1.82, 2.24) is 24.1 Å². The summed E-state index contributed by atoms with van der Waals surface area (Å²) in [4.78, 5) is 3.99. The summed E-state index contributed by atoms with van der Waals surface area (Å²) in [6.45, 7) is 1.33. The Labute approximate surface area is 174 Å². The molecule has 1 N–H and O–H groups in total. The predicted molar refractivity (Wildman–Crippen MR) is 109 cm³/mol. The average molecular weight is 436 g/mol. The number of nitrogens with zero attached hydrogens (tertiary/aromatic N) is 4. The van der Waals surface area contributed by atoms with E-state index >= 15 is 0 Å². The van der Waals surface area contributed by atoms with Gasteiger partial charge in [0.05, 0.1) is 23.7 Å². The molecule has 0 aliphatic carbocycles. The minimum atomic E-state index is -3.57. The lowest BCUT2D eigenvalue weighted by Gasteiger charge is -2.14. The number of H-pyrrole nitrogens is 1. The SMILES string of the molecule is Cn1cnc(S(=O)(=O)N2CC[C@H](c3cc(CCOc4ccccc4Cl)[nH]n3)C2)c1. The van der Waals surface area contributed by atoms with Gasteiger partial charge in [-0.1, -0.05) is 23.7 Å². The number of rotatable bonds is 7. The number of aromatic amines is 1. The first-order valence-corrected chi connectivity index (χ1v) is 11.1. The Bertz CT molecular complexity index is 1090. The van der Waals surface area contributed by atoms with Crippen molar-refractivity contribution < 1.29 is 13.2 Å². The highest BCUT2D eigenvalue weighted by Crippen LogP contribution is 2.30. The van der Waals surface area contributed by atoms with Crippen molar-refractivity contribution in [2.24, 2.45) is 7.05 Å². The third-order valence-corrected chi connectivity index (χ3v) is 7.03. The number of aryl methyl sites for hydroxylation is 1. The van der Waals surface area contributed by atoms with Gasteiger partial charge in [-0.25, -0.2) is 13.4 Å². The van der Waals surface area contributed by atoms with Gasteiger partial charge >= 0.3 is 0 Å². The minimum absolute atomic E-state index is 0.0583. The molecule has 0 amide bonds. The summed E-state index contributed by atoms with van der Waals surface area (Å²) in [7, 11) is -1.82. The van der Waals surface area contributed by atoms with Crippen molar-refractivity contribution in [2.75, 3.05) is 19.7 Å². The molecule has 154 valence electrons. The fourth-order valence-corrected chi connectivity index (χ4v) is 5.05. The van der Waals surface area contributed by atoms with Crippen LogP contribution in [0.25, 0.3) is 0 Å². The standard InChI is InChI=1S/C19H22ClN5O3S/c1-24-12-19(21-13-24)29(26,27)25-8-6-14(11-25)17-10-15(22-23-17)7-9-28-18-5-3-2-4-16(18)20/h2-5,10,12-14H,6-9,11H2,1H3,(H,22,23)/t14-/m0/s1. The highest BCUT2D eigenvalue weighted by Gasteiger charge is 2.35. The second-order valence-corrected chi connectivity index (χ2v) is 9.36. The van der Waals surface area contributed by atoms with Crippen molar-refractivity contribution in [3.8, 4) is 5.75 Å². The van der Waals surface area contributed by atoms with Gasteiger partial charge in [-0.15, -0.1) is 0 Å². The van der Waals surface area contributed by atoms with Crippen LogP contribution in [0.3, 0.4) is 0 Å². The first kappa shape index (κ1) is 19.9. The Kier molecular flexibility index (Phi) is 5.62. The quantitative estimate of drug-likeness (QED) is 0.615. The Hall–Kier alpha value is -2.36. The molecular weight excluding hydrogens is 414 g/mol. The molecule has 0 radical (unpaired) electrons. The van der Waals surface area contributed by atoms with E-state index < -0.39 is 10.0 Å². The number of hydrogen-bond donors (Lipinski definition) is 1. The number of para-hydroxylation sites is 1. The van der Waals surface area contributed by atoms with Crippen LogP contribution >= 0.6 is 11.6 Å². The number of ether oxygens (including phenoxy) is 1. The molecule has 29 heavy (non-hydrogen) atoms. The number of aromatic nitrogens is 4. The maximum absolute atomic E-state index is 12.7. The van der Waals surface area contributed by atoms with Crippen molar-refractivity contribution in [2.45, 2.75) is 23.8 Å². The lowest BCUT2D eigenvalue weighted by atomic mass is 10.0. The Morgan fingerprint density at radius 1 is 1.34 bits per heavy atom. The molecule has 0 spiro atoms. The van der Waals surface area contributed by atoms with Gasteiger partial charge in [-0.3, -0.25) is 5.10 Å². The number of benzene rings is 1. The third-order valence-electron chi connectivity index (χ3n) is 4.97. The van der Waals surface area contributed by atoms with Gasteiger partial charge in [-0.2, -0.15) is 9.40 Å². The zero-order chi connectivity index (χ0) is 20.4. The van der Waals surface area contributed by atoms with E-state index in [0.29, 0.717) is 36.9 Å². The number of halogens is 1. The Morgan fingerprint density at radius 3 is 2.93 bits per heavy atom. The van der Waals surface area contributed by atoms with E-state index in [1.165, 1.54) is 16.8 Å². The zero-order valence-corrected chi connectivity index (χ0v) is 17.5. The average Bonchev–Trinajstić information content (AvgIpc) is 3.43. The molecule has 3 aromatic rings. The molecule has 2 aromatic heterocycles. The van der Waals surface area contributed by atoms with Crippen LogP contribution in [0.4, 0.5) is 0 Å². The summed E-state index contributed by atoms with van der Waals surface area (Å²) in [5.41, 5.74) is 1.81. The van der Waals surface area contributed by atoms with Crippen molar-refractivity contribution in [3.05, 3.63) is 59.3 Å². The maximum atomic E-state index is 12.7. The fraction of sp³-hybridized carbons (Fsp3) is 0.368.